The molecule has 2 saturated heterocycles. The van der Waals surface area contributed by atoms with Gasteiger partial charge in [0, 0.05) is 6.54 Å². The van der Waals surface area contributed by atoms with Crippen molar-refractivity contribution in [3.05, 3.63) is 35.9 Å². The zero-order chi connectivity index (χ0) is 23.0. The summed E-state index contributed by atoms with van der Waals surface area (Å²) in [6.07, 6.45) is -8.91. The van der Waals surface area contributed by atoms with Gasteiger partial charge in [-0.2, -0.15) is 13.2 Å². The molecule has 2 heterocycles. The highest BCUT2D eigenvalue weighted by molar-refractivity contribution is 5.72. The summed E-state index contributed by atoms with van der Waals surface area (Å²) in [6, 6.07) is 5.50. The van der Waals surface area contributed by atoms with E-state index < -0.39 is 48.2 Å². The third-order valence-corrected chi connectivity index (χ3v) is 5.41. The first-order valence-electron chi connectivity index (χ1n) is 10.1. The second kappa shape index (κ2) is 8.57. The van der Waals surface area contributed by atoms with Gasteiger partial charge in [-0.25, -0.2) is 9.59 Å². The molecule has 0 spiro atoms. The van der Waals surface area contributed by atoms with Crippen molar-refractivity contribution in [2.75, 3.05) is 6.54 Å². The Morgan fingerprint density at radius 1 is 1.13 bits per heavy atom. The molecule has 2 amide bonds. The van der Waals surface area contributed by atoms with Gasteiger partial charge in [0.15, 0.2) is 6.10 Å². The van der Waals surface area contributed by atoms with Crippen molar-refractivity contribution in [3.8, 4) is 0 Å². The van der Waals surface area contributed by atoms with E-state index in [2.05, 4.69) is 0 Å². The van der Waals surface area contributed by atoms with Crippen molar-refractivity contribution in [1.82, 2.24) is 9.80 Å². The lowest BCUT2D eigenvalue weighted by atomic mass is 9.97. The summed E-state index contributed by atoms with van der Waals surface area (Å²) in [5.74, 6) is 0. The Bertz CT molecular complexity index is 796. The third kappa shape index (κ3) is 5.23. The van der Waals surface area contributed by atoms with Gasteiger partial charge >= 0.3 is 18.4 Å². The van der Waals surface area contributed by atoms with E-state index in [1.165, 1.54) is 4.90 Å². The van der Waals surface area contributed by atoms with Gasteiger partial charge < -0.3 is 14.6 Å². The number of hydrogen-bond donors (Lipinski definition) is 1. The van der Waals surface area contributed by atoms with E-state index in [0.717, 1.165) is 4.90 Å². The highest BCUT2D eigenvalue weighted by Crippen LogP contribution is 2.40. The number of carbonyl (C=O) groups is 2. The molecule has 1 aromatic rings. The predicted octanol–water partition coefficient (Wildman–Crippen LogP) is 3.70. The summed E-state index contributed by atoms with van der Waals surface area (Å²) in [6.45, 7) is 4.68. The standard InChI is InChI=1S/C21H27F3N2O5/c1-20(2,3)31-19(29)26-14-9-10-15(26)16(17(27)21(22,23)24)25(11-14)18(28)30-12-13-7-5-4-6-8-13/h4-8,14-17,27H,9-12H2,1-3H3/t14-,15+,16+,17?/m0/s1. The van der Waals surface area contributed by atoms with E-state index in [9.17, 15) is 27.9 Å². The molecule has 10 heteroatoms. The highest BCUT2D eigenvalue weighted by Gasteiger charge is 2.58. The number of aliphatic hydroxyl groups excluding tert-OH is 1. The summed E-state index contributed by atoms with van der Waals surface area (Å²) < 4.78 is 51.0. The molecule has 1 N–H and O–H groups in total. The van der Waals surface area contributed by atoms with Gasteiger partial charge in [-0.15, -0.1) is 0 Å². The molecule has 7 nitrogen and oxygen atoms in total. The quantitative estimate of drug-likeness (QED) is 0.769. The number of aliphatic hydroxyl groups is 1. The number of alkyl halides is 3. The van der Waals surface area contributed by atoms with Gasteiger partial charge in [-0.1, -0.05) is 30.3 Å². The Labute approximate surface area is 178 Å². The molecule has 0 radical (unpaired) electrons. The fraction of sp³-hybridized carbons (Fsp3) is 0.619. The Kier molecular flexibility index (Phi) is 6.40. The average Bonchev–Trinajstić information content (AvgIpc) is 2.98. The maximum absolute atomic E-state index is 13.5. The number of nitrogens with zero attached hydrogens (tertiary/aromatic N) is 2. The number of piperazine rings is 1. The molecule has 0 aliphatic carbocycles. The SMILES string of the molecule is CC(C)(C)OC(=O)N1[C@H]2CC[C@@H]1[C@H](C(O)C(F)(F)F)N(C(=O)OCc1ccccc1)C2. The number of rotatable bonds is 3. The van der Waals surface area contributed by atoms with Crippen LogP contribution in [0, 0.1) is 0 Å². The van der Waals surface area contributed by atoms with Crippen molar-refractivity contribution in [2.45, 2.75) is 76.2 Å². The van der Waals surface area contributed by atoms with Crippen LogP contribution in [0.25, 0.3) is 0 Å². The molecular weight excluding hydrogens is 417 g/mol. The molecule has 0 aromatic heterocycles. The second-order valence-electron chi connectivity index (χ2n) is 8.86. The molecule has 0 saturated carbocycles. The zero-order valence-corrected chi connectivity index (χ0v) is 17.6. The number of halogens is 3. The van der Waals surface area contributed by atoms with Crippen LogP contribution in [0.2, 0.25) is 0 Å². The summed E-state index contributed by atoms with van der Waals surface area (Å²) in [4.78, 5) is 27.6. The van der Waals surface area contributed by atoms with Crippen molar-refractivity contribution >= 4 is 12.2 Å². The molecule has 3 rings (SSSR count). The smallest absolute Gasteiger partial charge is 0.416 e. The van der Waals surface area contributed by atoms with Crippen LogP contribution < -0.4 is 0 Å². The first-order valence-corrected chi connectivity index (χ1v) is 10.1. The molecule has 2 aliphatic rings. The Morgan fingerprint density at radius 3 is 2.35 bits per heavy atom. The van der Waals surface area contributed by atoms with Crippen LogP contribution in [0.15, 0.2) is 30.3 Å². The number of carbonyl (C=O) groups excluding carboxylic acids is 2. The lowest BCUT2D eigenvalue weighted by Gasteiger charge is -2.47. The van der Waals surface area contributed by atoms with Gasteiger partial charge in [-0.3, -0.25) is 9.80 Å². The number of ether oxygens (including phenoxy) is 2. The Balaban J connectivity index is 1.83. The van der Waals surface area contributed by atoms with Crippen LogP contribution in [0.4, 0.5) is 22.8 Å². The fourth-order valence-corrected chi connectivity index (χ4v) is 4.16. The van der Waals surface area contributed by atoms with Crippen molar-refractivity contribution in [3.63, 3.8) is 0 Å². The van der Waals surface area contributed by atoms with E-state index in [0.29, 0.717) is 12.0 Å². The molecular formula is C21H27F3N2O5. The molecule has 4 atom stereocenters. The van der Waals surface area contributed by atoms with Crippen LogP contribution in [0.1, 0.15) is 39.2 Å². The molecule has 2 aliphatic heterocycles. The second-order valence-corrected chi connectivity index (χ2v) is 8.86. The van der Waals surface area contributed by atoms with Crippen LogP contribution in [0.5, 0.6) is 0 Å². The highest BCUT2D eigenvalue weighted by atomic mass is 19.4. The lowest BCUT2D eigenvalue weighted by Crippen LogP contribution is -2.68. The zero-order valence-electron chi connectivity index (χ0n) is 17.6. The Morgan fingerprint density at radius 2 is 1.77 bits per heavy atom. The van der Waals surface area contributed by atoms with Gasteiger partial charge in [0.1, 0.15) is 12.2 Å². The molecule has 2 bridgehead atoms. The monoisotopic (exact) mass is 444 g/mol. The van der Waals surface area contributed by atoms with Crippen molar-refractivity contribution in [1.29, 1.82) is 0 Å². The summed E-state index contributed by atoms with van der Waals surface area (Å²) in [7, 11) is 0. The maximum atomic E-state index is 13.5. The van der Waals surface area contributed by atoms with Crippen LogP contribution in [0.3, 0.4) is 0 Å². The van der Waals surface area contributed by atoms with E-state index in [1.54, 1.807) is 51.1 Å². The molecule has 31 heavy (non-hydrogen) atoms. The lowest BCUT2D eigenvalue weighted by molar-refractivity contribution is -0.228. The van der Waals surface area contributed by atoms with Gasteiger partial charge in [0.05, 0.1) is 18.1 Å². The Hall–Kier alpha value is -2.49. The number of benzene rings is 1. The summed E-state index contributed by atoms with van der Waals surface area (Å²) in [5.41, 5.74) is -0.153. The van der Waals surface area contributed by atoms with Gasteiger partial charge in [0.2, 0.25) is 0 Å². The van der Waals surface area contributed by atoms with E-state index in [1.807, 2.05) is 0 Å². The number of fused-ring (bicyclic) bond motifs is 2. The summed E-state index contributed by atoms with van der Waals surface area (Å²) >= 11 is 0. The van der Waals surface area contributed by atoms with Crippen molar-refractivity contribution in [2.24, 2.45) is 0 Å². The number of likely N-dealkylation sites (tertiary alicyclic amines) is 1. The topological polar surface area (TPSA) is 79.3 Å². The molecule has 2 fully saturated rings. The summed E-state index contributed by atoms with van der Waals surface area (Å²) in [5, 5.41) is 10.1. The van der Waals surface area contributed by atoms with E-state index in [-0.39, 0.29) is 19.6 Å². The van der Waals surface area contributed by atoms with Crippen LogP contribution >= 0.6 is 0 Å². The first-order chi connectivity index (χ1) is 14.4. The van der Waals surface area contributed by atoms with E-state index in [4.69, 9.17) is 9.47 Å². The fourth-order valence-electron chi connectivity index (χ4n) is 4.16. The van der Waals surface area contributed by atoms with E-state index >= 15 is 0 Å². The minimum absolute atomic E-state index is 0.115. The molecule has 172 valence electrons. The largest absolute Gasteiger partial charge is 0.445 e. The predicted molar refractivity (Wildman–Crippen MR) is 104 cm³/mol. The van der Waals surface area contributed by atoms with Gasteiger partial charge in [-0.05, 0) is 39.2 Å². The number of hydrogen-bond acceptors (Lipinski definition) is 5. The molecule has 1 aromatic carbocycles. The average molecular weight is 444 g/mol. The minimum atomic E-state index is -4.97. The van der Waals surface area contributed by atoms with Gasteiger partial charge in [0.25, 0.3) is 0 Å². The first kappa shape index (κ1) is 23.2. The normalized spacial score (nSPS) is 24.7. The molecule has 1 unspecified atom stereocenters. The third-order valence-electron chi connectivity index (χ3n) is 5.41. The van der Waals surface area contributed by atoms with Crippen molar-refractivity contribution < 1.29 is 37.3 Å². The minimum Gasteiger partial charge on any atom is -0.445 e. The number of amides is 2. The maximum Gasteiger partial charge on any atom is 0.416 e. The van der Waals surface area contributed by atoms with Crippen LogP contribution in [-0.2, 0) is 16.1 Å². The van der Waals surface area contributed by atoms with Crippen LogP contribution in [-0.4, -0.2) is 69.6 Å².